The van der Waals surface area contributed by atoms with Gasteiger partial charge < -0.3 is 10.1 Å². The van der Waals surface area contributed by atoms with Crippen LogP contribution >= 0.6 is 0 Å². The molecule has 0 bridgehead atoms. The van der Waals surface area contributed by atoms with Crippen molar-refractivity contribution in [3.8, 4) is 5.75 Å². The van der Waals surface area contributed by atoms with Gasteiger partial charge in [0.1, 0.15) is 5.75 Å². The fraction of sp³-hybridized carbons (Fsp3) is 0.250. The predicted molar refractivity (Wildman–Crippen MR) is 107 cm³/mol. The van der Waals surface area contributed by atoms with Gasteiger partial charge in [0.2, 0.25) is 15.9 Å². The molecule has 2 aromatic carbocycles. The quantitative estimate of drug-likeness (QED) is 0.598. The zero-order valence-corrected chi connectivity index (χ0v) is 17.0. The van der Waals surface area contributed by atoms with Crippen LogP contribution < -0.4 is 10.1 Å². The number of hydrogen-bond acceptors (Lipinski definition) is 4. The van der Waals surface area contributed by atoms with Gasteiger partial charge in [-0.3, -0.25) is 4.79 Å². The Labute approximate surface area is 173 Å². The van der Waals surface area contributed by atoms with Crippen LogP contribution in [-0.4, -0.2) is 38.3 Å². The van der Waals surface area contributed by atoms with Crippen LogP contribution in [0.1, 0.15) is 12.5 Å². The molecular formula is C20H21F3N2O4S. The number of alkyl halides is 3. The van der Waals surface area contributed by atoms with Gasteiger partial charge in [-0.25, -0.2) is 8.42 Å². The van der Waals surface area contributed by atoms with E-state index in [1.165, 1.54) is 6.08 Å². The Hall–Kier alpha value is -2.85. The summed E-state index contributed by atoms with van der Waals surface area (Å²) in [7, 11) is -4.38. The van der Waals surface area contributed by atoms with E-state index in [0.29, 0.717) is 24.1 Å². The first kappa shape index (κ1) is 23.4. The summed E-state index contributed by atoms with van der Waals surface area (Å²) in [6.07, 6.45) is -3.46. The molecule has 162 valence electrons. The first-order valence-electron chi connectivity index (χ1n) is 8.89. The van der Waals surface area contributed by atoms with Crippen LogP contribution in [0.25, 0.3) is 0 Å². The molecule has 0 unspecified atom stereocenters. The minimum Gasteiger partial charge on any atom is -0.492 e. The summed E-state index contributed by atoms with van der Waals surface area (Å²) in [6, 6.07) is 9.95. The van der Waals surface area contributed by atoms with Crippen LogP contribution in [0.15, 0.2) is 66.1 Å². The Morgan fingerprint density at radius 3 is 2.53 bits per heavy atom. The zero-order chi connectivity index (χ0) is 22.4. The lowest BCUT2D eigenvalue weighted by atomic mass is 10.2. The van der Waals surface area contributed by atoms with Gasteiger partial charge in [-0.15, -0.1) is 6.58 Å². The summed E-state index contributed by atoms with van der Waals surface area (Å²) in [6.45, 7) is 4.70. The van der Waals surface area contributed by atoms with Crippen LogP contribution in [0.2, 0.25) is 0 Å². The predicted octanol–water partition coefficient (Wildman–Crippen LogP) is 3.92. The van der Waals surface area contributed by atoms with Crippen molar-refractivity contribution in [2.45, 2.75) is 18.0 Å². The summed E-state index contributed by atoms with van der Waals surface area (Å²) in [5.74, 6) is -0.274. The number of benzene rings is 2. The highest BCUT2D eigenvalue weighted by Crippen LogP contribution is 2.31. The minimum absolute atomic E-state index is 0.265. The van der Waals surface area contributed by atoms with Crippen LogP contribution in [-0.2, 0) is 21.0 Å². The van der Waals surface area contributed by atoms with E-state index in [9.17, 15) is 26.4 Å². The number of sulfonamides is 1. The average Bonchev–Trinajstić information content (AvgIpc) is 2.69. The third kappa shape index (κ3) is 5.83. The van der Waals surface area contributed by atoms with Crippen molar-refractivity contribution in [1.82, 2.24) is 4.31 Å². The van der Waals surface area contributed by atoms with Crippen molar-refractivity contribution >= 4 is 21.6 Å². The Balaban J connectivity index is 2.27. The average molecular weight is 442 g/mol. The third-order valence-corrected chi connectivity index (χ3v) is 5.72. The molecule has 0 saturated carbocycles. The molecule has 0 heterocycles. The van der Waals surface area contributed by atoms with Crippen LogP contribution in [0.3, 0.4) is 0 Å². The van der Waals surface area contributed by atoms with Crippen LogP contribution in [0, 0.1) is 0 Å². The minimum atomic E-state index is -4.70. The fourth-order valence-electron chi connectivity index (χ4n) is 2.57. The highest BCUT2D eigenvalue weighted by Gasteiger charge is 2.33. The fourth-order valence-corrected chi connectivity index (χ4v) is 3.99. The number of anilines is 1. The molecule has 2 rings (SSSR count). The van der Waals surface area contributed by atoms with E-state index in [4.69, 9.17) is 4.74 Å². The van der Waals surface area contributed by atoms with Gasteiger partial charge in [0.15, 0.2) is 0 Å². The van der Waals surface area contributed by atoms with Gasteiger partial charge in [0.05, 0.1) is 29.3 Å². The molecule has 0 radical (unpaired) electrons. The second kappa shape index (κ2) is 9.77. The molecule has 30 heavy (non-hydrogen) atoms. The number of nitrogens with one attached hydrogen (secondary N) is 1. The maximum Gasteiger partial charge on any atom is 0.416 e. The molecule has 0 aliphatic heterocycles. The Morgan fingerprint density at radius 2 is 1.90 bits per heavy atom. The number of rotatable bonds is 9. The Bertz CT molecular complexity index is 1010. The highest BCUT2D eigenvalue weighted by molar-refractivity contribution is 7.89. The molecule has 0 atom stereocenters. The standard InChI is InChI=1S/C20H21F3N2O4S/c1-3-12-25(14-19(26)24-17-10-5-6-11-18(17)29-4-2)30(27,28)16-9-7-8-15(13-16)20(21,22)23/h3,5-11,13H,1,4,12,14H2,2H3,(H,24,26). The SMILES string of the molecule is C=CCN(CC(=O)Nc1ccccc1OCC)S(=O)(=O)c1cccc(C(F)(F)F)c1. The lowest BCUT2D eigenvalue weighted by Gasteiger charge is -2.21. The molecule has 1 amide bonds. The molecule has 0 fully saturated rings. The molecule has 0 spiro atoms. The normalized spacial score (nSPS) is 11.9. The van der Waals surface area contributed by atoms with Gasteiger partial charge in [-0.1, -0.05) is 24.3 Å². The van der Waals surface area contributed by atoms with E-state index in [-0.39, 0.29) is 6.54 Å². The summed E-state index contributed by atoms with van der Waals surface area (Å²) in [5, 5.41) is 2.56. The second-order valence-corrected chi connectivity index (χ2v) is 8.03. The number of carbonyl (C=O) groups is 1. The lowest BCUT2D eigenvalue weighted by Crippen LogP contribution is -2.38. The number of amides is 1. The molecule has 2 aromatic rings. The summed E-state index contributed by atoms with van der Waals surface area (Å²) in [4.78, 5) is 11.9. The maximum absolute atomic E-state index is 13.0. The third-order valence-electron chi connectivity index (χ3n) is 3.91. The summed E-state index contributed by atoms with van der Waals surface area (Å²) in [5.41, 5.74) is -0.753. The molecule has 1 N–H and O–H groups in total. The van der Waals surface area contributed by atoms with E-state index in [1.54, 1.807) is 31.2 Å². The second-order valence-electron chi connectivity index (χ2n) is 6.09. The van der Waals surface area contributed by atoms with Crippen molar-refractivity contribution in [2.24, 2.45) is 0 Å². The van der Waals surface area contributed by atoms with Crippen molar-refractivity contribution in [1.29, 1.82) is 0 Å². The van der Waals surface area contributed by atoms with Crippen LogP contribution in [0.4, 0.5) is 18.9 Å². The number of halogens is 3. The zero-order valence-electron chi connectivity index (χ0n) is 16.1. The molecular weight excluding hydrogens is 421 g/mol. The number of para-hydroxylation sites is 2. The van der Waals surface area contributed by atoms with Crippen molar-refractivity contribution in [3.63, 3.8) is 0 Å². The van der Waals surface area contributed by atoms with Crippen molar-refractivity contribution < 1.29 is 31.1 Å². The topological polar surface area (TPSA) is 75.7 Å². The highest BCUT2D eigenvalue weighted by atomic mass is 32.2. The number of carbonyl (C=O) groups excluding carboxylic acids is 1. The molecule has 0 saturated heterocycles. The Kier molecular flexibility index (Phi) is 7.63. The molecule has 0 aliphatic rings. The first-order chi connectivity index (χ1) is 14.1. The van der Waals surface area contributed by atoms with E-state index in [2.05, 4.69) is 11.9 Å². The largest absolute Gasteiger partial charge is 0.492 e. The van der Waals surface area contributed by atoms with Gasteiger partial charge in [0, 0.05) is 6.54 Å². The van der Waals surface area contributed by atoms with E-state index < -0.39 is 39.1 Å². The molecule has 10 heteroatoms. The van der Waals surface area contributed by atoms with Crippen molar-refractivity contribution in [3.05, 3.63) is 66.7 Å². The number of ether oxygens (including phenoxy) is 1. The lowest BCUT2D eigenvalue weighted by molar-refractivity contribution is -0.137. The maximum atomic E-state index is 13.0. The molecule has 0 aromatic heterocycles. The van der Waals surface area contributed by atoms with Gasteiger partial charge in [-0.2, -0.15) is 17.5 Å². The Morgan fingerprint density at radius 1 is 1.20 bits per heavy atom. The first-order valence-corrected chi connectivity index (χ1v) is 10.3. The van der Waals surface area contributed by atoms with Gasteiger partial charge >= 0.3 is 6.18 Å². The number of hydrogen-bond donors (Lipinski definition) is 1. The van der Waals surface area contributed by atoms with E-state index in [0.717, 1.165) is 22.5 Å². The van der Waals surface area contributed by atoms with Gasteiger partial charge in [0.25, 0.3) is 0 Å². The van der Waals surface area contributed by atoms with Crippen LogP contribution in [0.5, 0.6) is 5.75 Å². The van der Waals surface area contributed by atoms with Gasteiger partial charge in [-0.05, 0) is 37.3 Å². The van der Waals surface area contributed by atoms with E-state index in [1.807, 2.05) is 0 Å². The van der Waals surface area contributed by atoms with E-state index >= 15 is 0 Å². The number of nitrogens with zero attached hydrogens (tertiary/aromatic N) is 1. The van der Waals surface area contributed by atoms with Crippen molar-refractivity contribution in [2.75, 3.05) is 25.0 Å². The molecule has 0 aliphatic carbocycles. The smallest absolute Gasteiger partial charge is 0.416 e. The summed E-state index contributed by atoms with van der Waals surface area (Å²) < 4.78 is 70.7. The molecule has 6 nitrogen and oxygen atoms in total. The summed E-state index contributed by atoms with van der Waals surface area (Å²) >= 11 is 0. The monoisotopic (exact) mass is 442 g/mol.